The van der Waals surface area contributed by atoms with Gasteiger partial charge >= 0.3 is 0 Å². The average Bonchev–Trinajstić information content (AvgIpc) is 2.17. The second-order valence-electron chi connectivity index (χ2n) is 2.85. The molecule has 6 nitrogen and oxygen atoms in total. The normalized spacial score (nSPS) is 11.0. The third kappa shape index (κ3) is 2.66. The summed E-state index contributed by atoms with van der Waals surface area (Å²) in [5, 5.41) is 2.24. The number of anilines is 1. The van der Waals surface area contributed by atoms with Gasteiger partial charge in [-0.05, 0) is 6.07 Å². The van der Waals surface area contributed by atoms with E-state index >= 15 is 0 Å². The number of nitrogens with one attached hydrogen (secondary N) is 1. The Morgan fingerprint density at radius 1 is 1.60 bits per heavy atom. The number of nitrogens with zero attached hydrogens (tertiary/aromatic N) is 1. The number of amides is 1. The second kappa shape index (κ2) is 4.26. The van der Waals surface area contributed by atoms with Gasteiger partial charge in [0.05, 0.1) is 16.8 Å². The highest BCUT2D eigenvalue weighted by Gasteiger charge is 2.20. The Labute approximate surface area is 87.4 Å². The summed E-state index contributed by atoms with van der Waals surface area (Å²) in [6.45, 7) is 0. The number of rotatable bonds is 3. The molecule has 0 atom stereocenters. The molecule has 15 heavy (non-hydrogen) atoms. The largest absolute Gasteiger partial charge is 0.396 e. The zero-order valence-electron chi connectivity index (χ0n) is 8.10. The first-order chi connectivity index (χ1) is 6.97. The molecule has 0 fully saturated rings. The lowest BCUT2D eigenvalue weighted by atomic mass is 10.4. The molecule has 1 amide bonds. The van der Waals surface area contributed by atoms with Crippen molar-refractivity contribution in [2.75, 3.05) is 18.5 Å². The summed E-state index contributed by atoms with van der Waals surface area (Å²) in [7, 11) is -2.31. The van der Waals surface area contributed by atoms with Crippen molar-refractivity contribution in [3.05, 3.63) is 18.5 Å². The standard InChI is InChI=1S/C8H11N3O3S/c1-10-8(12)5-15(13,14)7-2-3-11-4-6(7)9/h2-4H,5,9H2,1H3,(H,10,12). The van der Waals surface area contributed by atoms with Crippen LogP contribution in [0.4, 0.5) is 5.69 Å². The lowest BCUT2D eigenvalue weighted by molar-refractivity contribution is -0.118. The van der Waals surface area contributed by atoms with Crippen LogP contribution in [0.5, 0.6) is 0 Å². The summed E-state index contributed by atoms with van der Waals surface area (Å²) in [6, 6.07) is 1.27. The SMILES string of the molecule is CNC(=O)CS(=O)(=O)c1ccncc1N. The van der Waals surface area contributed by atoms with E-state index in [1.165, 1.54) is 25.5 Å². The van der Waals surface area contributed by atoms with Crippen molar-refractivity contribution in [1.82, 2.24) is 10.3 Å². The molecule has 3 N–H and O–H groups in total. The molecule has 0 spiro atoms. The van der Waals surface area contributed by atoms with Gasteiger partial charge in [0.1, 0.15) is 5.75 Å². The Morgan fingerprint density at radius 2 is 2.27 bits per heavy atom. The molecule has 0 aromatic carbocycles. The van der Waals surface area contributed by atoms with Crippen molar-refractivity contribution in [2.24, 2.45) is 0 Å². The summed E-state index contributed by atoms with van der Waals surface area (Å²) >= 11 is 0. The van der Waals surface area contributed by atoms with Crippen LogP contribution in [0.25, 0.3) is 0 Å². The Morgan fingerprint density at radius 3 is 2.80 bits per heavy atom. The first kappa shape index (κ1) is 11.4. The number of sulfone groups is 1. The molecule has 0 aliphatic heterocycles. The highest BCUT2D eigenvalue weighted by Crippen LogP contribution is 2.17. The number of hydrogen-bond donors (Lipinski definition) is 2. The number of aromatic nitrogens is 1. The summed E-state index contributed by atoms with van der Waals surface area (Å²) < 4.78 is 23.3. The van der Waals surface area contributed by atoms with Crippen molar-refractivity contribution in [3.8, 4) is 0 Å². The van der Waals surface area contributed by atoms with Crippen LogP contribution in [0.3, 0.4) is 0 Å². The number of pyridine rings is 1. The number of nitrogens with two attached hydrogens (primary N) is 1. The van der Waals surface area contributed by atoms with Gasteiger partial charge in [-0.25, -0.2) is 8.42 Å². The minimum atomic E-state index is -3.68. The van der Waals surface area contributed by atoms with Crippen LogP contribution in [-0.2, 0) is 14.6 Å². The smallest absolute Gasteiger partial charge is 0.235 e. The average molecular weight is 229 g/mol. The molecule has 82 valence electrons. The molecular weight excluding hydrogens is 218 g/mol. The monoisotopic (exact) mass is 229 g/mol. The van der Waals surface area contributed by atoms with Crippen LogP contribution in [-0.4, -0.2) is 32.1 Å². The minimum absolute atomic E-state index is 0.0430. The Hall–Kier alpha value is -1.63. The van der Waals surface area contributed by atoms with E-state index in [-0.39, 0.29) is 10.6 Å². The van der Waals surface area contributed by atoms with E-state index in [0.29, 0.717) is 0 Å². The van der Waals surface area contributed by atoms with Crippen molar-refractivity contribution in [2.45, 2.75) is 4.90 Å². The zero-order valence-corrected chi connectivity index (χ0v) is 8.91. The van der Waals surface area contributed by atoms with E-state index in [0.717, 1.165) is 0 Å². The van der Waals surface area contributed by atoms with Gasteiger partial charge in [-0.1, -0.05) is 0 Å². The van der Waals surface area contributed by atoms with Crippen molar-refractivity contribution < 1.29 is 13.2 Å². The van der Waals surface area contributed by atoms with Crippen molar-refractivity contribution >= 4 is 21.4 Å². The molecule has 1 rings (SSSR count). The van der Waals surface area contributed by atoms with Crippen molar-refractivity contribution in [1.29, 1.82) is 0 Å². The Kier molecular flexibility index (Phi) is 3.25. The van der Waals surface area contributed by atoms with E-state index < -0.39 is 21.5 Å². The number of hydrogen-bond acceptors (Lipinski definition) is 5. The molecular formula is C8H11N3O3S. The van der Waals surface area contributed by atoms with Gasteiger partial charge in [0, 0.05) is 13.2 Å². The third-order valence-corrected chi connectivity index (χ3v) is 3.43. The van der Waals surface area contributed by atoms with Crippen molar-refractivity contribution in [3.63, 3.8) is 0 Å². The van der Waals surface area contributed by atoms with E-state index in [2.05, 4.69) is 10.3 Å². The predicted molar refractivity (Wildman–Crippen MR) is 54.8 cm³/mol. The van der Waals surface area contributed by atoms with Crippen LogP contribution in [0.1, 0.15) is 0 Å². The van der Waals surface area contributed by atoms with E-state index in [4.69, 9.17) is 5.73 Å². The maximum absolute atomic E-state index is 11.7. The zero-order chi connectivity index (χ0) is 11.5. The van der Waals surface area contributed by atoms with Crippen LogP contribution in [0.15, 0.2) is 23.4 Å². The molecule has 0 unspecified atom stereocenters. The van der Waals surface area contributed by atoms with Gasteiger partial charge in [-0.3, -0.25) is 9.78 Å². The molecule has 1 aromatic rings. The van der Waals surface area contributed by atoms with Crippen LogP contribution in [0, 0.1) is 0 Å². The maximum atomic E-state index is 11.7. The van der Waals surface area contributed by atoms with Gasteiger partial charge in [-0.2, -0.15) is 0 Å². The molecule has 0 radical (unpaired) electrons. The highest BCUT2D eigenvalue weighted by molar-refractivity contribution is 7.92. The molecule has 1 heterocycles. The maximum Gasteiger partial charge on any atom is 0.235 e. The fraction of sp³-hybridized carbons (Fsp3) is 0.250. The van der Waals surface area contributed by atoms with E-state index in [9.17, 15) is 13.2 Å². The molecule has 0 aliphatic carbocycles. The molecule has 0 bridgehead atoms. The van der Waals surface area contributed by atoms with Crippen LogP contribution in [0.2, 0.25) is 0 Å². The second-order valence-corrected chi connectivity index (χ2v) is 4.80. The fourth-order valence-electron chi connectivity index (χ4n) is 1.000. The Balaban J connectivity index is 3.07. The topological polar surface area (TPSA) is 102 Å². The predicted octanol–water partition coefficient (Wildman–Crippen LogP) is -0.816. The quantitative estimate of drug-likeness (QED) is 0.705. The van der Waals surface area contributed by atoms with Gasteiger partial charge in [0.25, 0.3) is 0 Å². The van der Waals surface area contributed by atoms with Crippen LogP contribution >= 0.6 is 0 Å². The van der Waals surface area contributed by atoms with Gasteiger partial charge in [0.2, 0.25) is 5.91 Å². The Bertz CT molecular complexity index is 470. The molecule has 0 saturated heterocycles. The number of carbonyl (C=O) groups excluding carboxylic acids is 1. The molecule has 1 aromatic heterocycles. The third-order valence-electron chi connectivity index (χ3n) is 1.75. The minimum Gasteiger partial charge on any atom is -0.396 e. The molecule has 0 aliphatic rings. The lowest BCUT2D eigenvalue weighted by Crippen LogP contribution is -2.27. The van der Waals surface area contributed by atoms with Gasteiger partial charge < -0.3 is 11.1 Å². The number of carbonyl (C=O) groups is 1. The summed E-state index contributed by atoms with van der Waals surface area (Å²) in [6.07, 6.45) is 2.55. The first-order valence-electron chi connectivity index (χ1n) is 4.10. The first-order valence-corrected chi connectivity index (χ1v) is 5.75. The fourth-order valence-corrected chi connectivity index (χ4v) is 2.32. The summed E-state index contributed by atoms with van der Waals surface area (Å²) in [4.78, 5) is 14.6. The summed E-state index contributed by atoms with van der Waals surface area (Å²) in [5.41, 5.74) is 5.49. The number of nitrogen functional groups attached to an aromatic ring is 1. The van der Waals surface area contributed by atoms with E-state index in [1.807, 2.05) is 0 Å². The highest BCUT2D eigenvalue weighted by atomic mass is 32.2. The molecule has 0 saturated carbocycles. The van der Waals surface area contributed by atoms with Gasteiger partial charge in [-0.15, -0.1) is 0 Å². The lowest BCUT2D eigenvalue weighted by Gasteiger charge is -2.05. The van der Waals surface area contributed by atoms with Gasteiger partial charge in [0.15, 0.2) is 9.84 Å². The summed E-state index contributed by atoms with van der Waals surface area (Å²) in [5.74, 6) is -1.19. The van der Waals surface area contributed by atoms with E-state index in [1.54, 1.807) is 0 Å². The molecule has 7 heteroatoms. The van der Waals surface area contributed by atoms with Crippen LogP contribution < -0.4 is 11.1 Å².